The highest BCUT2D eigenvalue weighted by Crippen LogP contribution is 2.26. The molecule has 1 aromatic heterocycles. The molecule has 4 nitrogen and oxygen atoms in total. The number of rotatable bonds is 4. The molecule has 0 N–H and O–H groups in total. The average Bonchev–Trinajstić information content (AvgIpc) is 3.18. The molecular formula is C18H22N2O2. The fraction of sp³-hybridized carbons (Fsp3) is 0.389. The Kier molecular flexibility index (Phi) is 4.18. The first-order valence-corrected chi connectivity index (χ1v) is 7.79. The molecule has 1 aromatic carbocycles. The minimum absolute atomic E-state index is 0.0706. The quantitative estimate of drug-likeness (QED) is 0.867. The second-order valence-corrected chi connectivity index (χ2v) is 5.92. The van der Waals surface area contributed by atoms with E-state index in [1.54, 1.807) is 11.2 Å². The summed E-state index contributed by atoms with van der Waals surface area (Å²) in [7, 11) is 1.82. The number of amides is 1. The third-order valence-corrected chi connectivity index (χ3v) is 4.25. The standard InChI is InChI=1S/C18H22N2O2/c1-14-9-12-22-17(14)18(21)19(2)13-15-7-3-4-8-16(15)20-10-5-6-11-20/h3-4,7-9,12H,5-6,10-11,13H2,1-2H3. The Labute approximate surface area is 131 Å². The van der Waals surface area contributed by atoms with Crippen LogP contribution in [0.5, 0.6) is 0 Å². The maximum Gasteiger partial charge on any atom is 0.289 e. The predicted octanol–water partition coefficient (Wildman–Crippen LogP) is 3.46. The van der Waals surface area contributed by atoms with Crippen LogP contribution >= 0.6 is 0 Å². The minimum Gasteiger partial charge on any atom is -0.459 e. The van der Waals surface area contributed by atoms with Gasteiger partial charge in [0.15, 0.2) is 5.76 Å². The van der Waals surface area contributed by atoms with E-state index in [4.69, 9.17) is 4.42 Å². The number of nitrogens with zero attached hydrogens (tertiary/aromatic N) is 2. The van der Waals surface area contributed by atoms with Gasteiger partial charge in [0.1, 0.15) is 0 Å². The van der Waals surface area contributed by atoms with Crippen LogP contribution in [-0.4, -0.2) is 30.9 Å². The summed E-state index contributed by atoms with van der Waals surface area (Å²) < 4.78 is 5.31. The van der Waals surface area contributed by atoms with E-state index in [1.807, 2.05) is 26.1 Å². The summed E-state index contributed by atoms with van der Waals surface area (Å²) in [6.45, 7) is 4.69. The lowest BCUT2D eigenvalue weighted by molar-refractivity contribution is 0.0752. The van der Waals surface area contributed by atoms with E-state index < -0.39 is 0 Å². The number of hydrogen-bond acceptors (Lipinski definition) is 3. The van der Waals surface area contributed by atoms with Crippen LogP contribution < -0.4 is 4.90 Å². The number of para-hydroxylation sites is 1. The Morgan fingerprint density at radius 1 is 1.23 bits per heavy atom. The van der Waals surface area contributed by atoms with Gasteiger partial charge in [0.05, 0.1) is 6.26 Å². The van der Waals surface area contributed by atoms with Crippen LogP contribution in [-0.2, 0) is 6.54 Å². The molecule has 1 aliphatic rings. The first-order valence-electron chi connectivity index (χ1n) is 7.79. The molecule has 3 rings (SSSR count). The molecular weight excluding hydrogens is 276 g/mol. The smallest absolute Gasteiger partial charge is 0.289 e. The van der Waals surface area contributed by atoms with E-state index in [2.05, 4.69) is 23.1 Å². The number of furan rings is 1. The average molecular weight is 298 g/mol. The van der Waals surface area contributed by atoms with Crippen molar-refractivity contribution in [3.05, 3.63) is 53.5 Å². The number of anilines is 1. The summed E-state index contributed by atoms with van der Waals surface area (Å²) in [4.78, 5) is 16.6. The van der Waals surface area contributed by atoms with Crippen molar-refractivity contribution >= 4 is 11.6 Å². The van der Waals surface area contributed by atoms with Crippen molar-refractivity contribution in [2.24, 2.45) is 0 Å². The molecule has 0 aliphatic carbocycles. The molecule has 0 saturated carbocycles. The highest BCUT2D eigenvalue weighted by Gasteiger charge is 2.20. The van der Waals surface area contributed by atoms with E-state index in [0.29, 0.717) is 12.3 Å². The summed E-state index contributed by atoms with van der Waals surface area (Å²) in [5.41, 5.74) is 3.31. The second kappa shape index (κ2) is 6.26. The van der Waals surface area contributed by atoms with Crippen molar-refractivity contribution in [3.63, 3.8) is 0 Å². The summed E-state index contributed by atoms with van der Waals surface area (Å²) in [5, 5.41) is 0. The Morgan fingerprint density at radius 2 is 1.95 bits per heavy atom. The van der Waals surface area contributed by atoms with Gasteiger partial charge in [-0.25, -0.2) is 0 Å². The third kappa shape index (κ3) is 2.86. The number of aryl methyl sites for hydroxylation is 1. The van der Waals surface area contributed by atoms with Crippen molar-refractivity contribution in [1.82, 2.24) is 4.90 Å². The zero-order valence-electron chi connectivity index (χ0n) is 13.2. The number of carbonyl (C=O) groups excluding carboxylic acids is 1. The molecule has 0 spiro atoms. The molecule has 0 bridgehead atoms. The van der Waals surface area contributed by atoms with Crippen LogP contribution in [0.1, 0.15) is 34.5 Å². The van der Waals surface area contributed by atoms with E-state index in [9.17, 15) is 4.79 Å². The topological polar surface area (TPSA) is 36.7 Å². The minimum atomic E-state index is -0.0706. The molecule has 1 amide bonds. The maximum absolute atomic E-state index is 12.5. The van der Waals surface area contributed by atoms with Crippen LogP contribution in [0.25, 0.3) is 0 Å². The molecule has 1 saturated heterocycles. The van der Waals surface area contributed by atoms with Gasteiger partial charge in [0.25, 0.3) is 5.91 Å². The molecule has 1 fully saturated rings. The van der Waals surface area contributed by atoms with Gasteiger partial charge in [-0.05, 0) is 37.5 Å². The van der Waals surface area contributed by atoms with E-state index >= 15 is 0 Å². The normalized spacial score (nSPS) is 14.4. The van der Waals surface area contributed by atoms with Crippen molar-refractivity contribution in [3.8, 4) is 0 Å². The number of benzene rings is 1. The van der Waals surface area contributed by atoms with Crippen molar-refractivity contribution in [2.45, 2.75) is 26.3 Å². The SMILES string of the molecule is Cc1ccoc1C(=O)N(C)Cc1ccccc1N1CCCC1. The first kappa shape index (κ1) is 14.7. The molecule has 22 heavy (non-hydrogen) atoms. The third-order valence-electron chi connectivity index (χ3n) is 4.25. The van der Waals surface area contributed by atoms with Crippen LogP contribution in [0.15, 0.2) is 41.0 Å². The van der Waals surface area contributed by atoms with Crippen LogP contribution in [0.2, 0.25) is 0 Å². The fourth-order valence-corrected chi connectivity index (χ4v) is 3.00. The monoisotopic (exact) mass is 298 g/mol. The maximum atomic E-state index is 12.5. The van der Waals surface area contributed by atoms with Gasteiger partial charge in [-0.15, -0.1) is 0 Å². The van der Waals surface area contributed by atoms with Gasteiger partial charge in [0, 0.05) is 37.9 Å². The Morgan fingerprint density at radius 3 is 2.64 bits per heavy atom. The van der Waals surface area contributed by atoms with Crippen LogP contribution in [0.3, 0.4) is 0 Å². The molecule has 0 atom stereocenters. The highest BCUT2D eigenvalue weighted by molar-refractivity contribution is 5.92. The molecule has 4 heteroatoms. The summed E-state index contributed by atoms with van der Waals surface area (Å²) in [6, 6.07) is 10.2. The first-order chi connectivity index (χ1) is 10.7. The van der Waals surface area contributed by atoms with Crippen molar-refractivity contribution in [1.29, 1.82) is 0 Å². The van der Waals surface area contributed by atoms with E-state index in [-0.39, 0.29) is 5.91 Å². The largest absolute Gasteiger partial charge is 0.459 e. The highest BCUT2D eigenvalue weighted by atomic mass is 16.3. The fourth-order valence-electron chi connectivity index (χ4n) is 3.00. The Bertz CT molecular complexity index is 657. The van der Waals surface area contributed by atoms with Gasteiger partial charge < -0.3 is 14.2 Å². The predicted molar refractivity (Wildman–Crippen MR) is 87.1 cm³/mol. The van der Waals surface area contributed by atoms with Gasteiger partial charge in [0.2, 0.25) is 0 Å². The van der Waals surface area contributed by atoms with Gasteiger partial charge >= 0.3 is 0 Å². The Hall–Kier alpha value is -2.23. The summed E-state index contributed by atoms with van der Waals surface area (Å²) in [5.74, 6) is 0.361. The van der Waals surface area contributed by atoms with Crippen LogP contribution in [0, 0.1) is 6.92 Å². The van der Waals surface area contributed by atoms with Gasteiger partial charge in [-0.1, -0.05) is 18.2 Å². The second-order valence-electron chi connectivity index (χ2n) is 5.92. The molecule has 0 radical (unpaired) electrons. The molecule has 2 aromatic rings. The molecule has 0 unspecified atom stereocenters. The lowest BCUT2D eigenvalue weighted by Crippen LogP contribution is -2.28. The number of carbonyl (C=O) groups is 1. The zero-order chi connectivity index (χ0) is 15.5. The number of hydrogen-bond donors (Lipinski definition) is 0. The lowest BCUT2D eigenvalue weighted by atomic mass is 10.1. The molecule has 2 heterocycles. The van der Waals surface area contributed by atoms with E-state index in [0.717, 1.165) is 18.7 Å². The Balaban J connectivity index is 1.78. The van der Waals surface area contributed by atoms with Gasteiger partial charge in [-0.2, -0.15) is 0 Å². The summed E-state index contributed by atoms with van der Waals surface area (Å²) in [6.07, 6.45) is 4.05. The van der Waals surface area contributed by atoms with Crippen molar-refractivity contribution < 1.29 is 9.21 Å². The lowest BCUT2D eigenvalue weighted by Gasteiger charge is -2.24. The van der Waals surface area contributed by atoms with E-state index in [1.165, 1.54) is 24.1 Å². The molecule has 116 valence electrons. The van der Waals surface area contributed by atoms with Gasteiger partial charge in [-0.3, -0.25) is 4.79 Å². The molecule has 1 aliphatic heterocycles. The van der Waals surface area contributed by atoms with Crippen molar-refractivity contribution in [2.75, 3.05) is 25.0 Å². The zero-order valence-corrected chi connectivity index (χ0v) is 13.2. The summed E-state index contributed by atoms with van der Waals surface area (Å²) >= 11 is 0. The van der Waals surface area contributed by atoms with Crippen LogP contribution in [0.4, 0.5) is 5.69 Å².